The molecule has 0 saturated heterocycles. The van der Waals surface area contributed by atoms with Crippen LogP contribution in [0.25, 0.3) is 0 Å². The molecular weight excluding hydrogens is 440 g/mol. The standard InChI is InChI=1S/C22H27ClN2O5S/c1-5-25(6-2)31(27,28)17-9-14(3)15(4)19(13-17)24-21(26)12-16-10-18(23)22-20(11-16)29-7-8-30-22/h9-11,13H,5-8,12H2,1-4H3,(H,24,26). The van der Waals surface area contributed by atoms with Crippen molar-refractivity contribution in [2.24, 2.45) is 0 Å². The molecule has 1 N–H and O–H groups in total. The molecule has 2 aromatic carbocycles. The van der Waals surface area contributed by atoms with E-state index < -0.39 is 10.0 Å². The lowest BCUT2D eigenvalue weighted by Crippen LogP contribution is -2.30. The Morgan fingerprint density at radius 3 is 2.45 bits per heavy atom. The van der Waals surface area contributed by atoms with Gasteiger partial charge in [0, 0.05) is 18.8 Å². The topological polar surface area (TPSA) is 84.9 Å². The third-order valence-corrected chi connectivity index (χ3v) is 7.59. The number of hydrogen-bond donors (Lipinski definition) is 1. The Morgan fingerprint density at radius 1 is 1.10 bits per heavy atom. The summed E-state index contributed by atoms with van der Waals surface area (Å²) in [6.45, 7) is 8.86. The molecule has 7 nitrogen and oxygen atoms in total. The molecule has 1 amide bonds. The van der Waals surface area contributed by atoms with Gasteiger partial charge in [0.25, 0.3) is 0 Å². The molecule has 0 radical (unpaired) electrons. The first-order chi connectivity index (χ1) is 14.7. The van der Waals surface area contributed by atoms with Crippen LogP contribution in [0, 0.1) is 13.8 Å². The van der Waals surface area contributed by atoms with Crippen molar-refractivity contribution in [3.05, 3.63) is 46.0 Å². The van der Waals surface area contributed by atoms with Crippen LogP contribution in [0.4, 0.5) is 5.69 Å². The van der Waals surface area contributed by atoms with Crippen molar-refractivity contribution in [2.45, 2.75) is 39.0 Å². The average Bonchev–Trinajstić information content (AvgIpc) is 2.72. The molecule has 1 aliphatic rings. The molecule has 9 heteroatoms. The summed E-state index contributed by atoms with van der Waals surface area (Å²) >= 11 is 6.26. The first-order valence-electron chi connectivity index (χ1n) is 10.2. The minimum atomic E-state index is -3.64. The van der Waals surface area contributed by atoms with Gasteiger partial charge in [-0.05, 0) is 54.8 Å². The highest BCUT2D eigenvalue weighted by Gasteiger charge is 2.24. The number of fused-ring (bicyclic) bond motifs is 1. The second-order valence-corrected chi connectivity index (χ2v) is 9.67. The molecule has 0 atom stereocenters. The van der Waals surface area contributed by atoms with E-state index >= 15 is 0 Å². The third-order valence-electron chi connectivity index (χ3n) is 5.28. The minimum absolute atomic E-state index is 0.0574. The van der Waals surface area contributed by atoms with E-state index in [1.165, 1.54) is 10.4 Å². The first-order valence-corrected chi connectivity index (χ1v) is 12.0. The summed E-state index contributed by atoms with van der Waals surface area (Å²) < 4.78 is 38.3. The Balaban J connectivity index is 1.85. The van der Waals surface area contributed by atoms with Gasteiger partial charge in [0.1, 0.15) is 13.2 Å². The van der Waals surface area contributed by atoms with Crippen LogP contribution < -0.4 is 14.8 Å². The maximum Gasteiger partial charge on any atom is 0.243 e. The Bertz CT molecular complexity index is 1100. The van der Waals surface area contributed by atoms with Crippen LogP contribution in [0.1, 0.15) is 30.5 Å². The maximum atomic E-state index is 12.9. The SMILES string of the molecule is CCN(CC)S(=O)(=O)c1cc(C)c(C)c(NC(=O)Cc2cc(Cl)c3c(c2)OCCO3)c1. The Morgan fingerprint density at radius 2 is 1.77 bits per heavy atom. The predicted molar refractivity (Wildman–Crippen MR) is 121 cm³/mol. The number of nitrogens with zero attached hydrogens (tertiary/aromatic N) is 1. The fourth-order valence-electron chi connectivity index (χ4n) is 3.46. The van der Waals surface area contributed by atoms with Crippen molar-refractivity contribution in [3.63, 3.8) is 0 Å². The molecule has 0 bridgehead atoms. The van der Waals surface area contributed by atoms with Crippen molar-refractivity contribution in [2.75, 3.05) is 31.6 Å². The van der Waals surface area contributed by atoms with Crippen molar-refractivity contribution >= 4 is 33.2 Å². The summed E-state index contributed by atoms with van der Waals surface area (Å²) in [5.74, 6) is 0.714. The Hall–Kier alpha value is -2.29. The second-order valence-electron chi connectivity index (χ2n) is 7.33. The highest BCUT2D eigenvalue weighted by atomic mass is 35.5. The van der Waals surface area contributed by atoms with Crippen molar-refractivity contribution in [3.8, 4) is 11.5 Å². The zero-order valence-corrected chi connectivity index (χ0v) is 19.7. The zero-order valence-electron chi connectivity index (χ0n) is 18.1. The van der Waals surface area contributed by atoms with Crippen LogP contribution >= 0.6 is 11.6 Å². The number of hydrogen-bond acceptors (Lipinski definition) is 5. The second kappa shape index (κ2) is 9.46. The molecule has 2 aromatic rings. The van der Waals surface area contributed by atoms with E-state index in [2.05, 4.69) is 5.32 Å². The Labute approximate surface area is 188 Å². The summed E-state index contributed by atoms with van der Waals surface area (Å²) in [6, 6.07) is 6.57. The molecule has 1 aliphatic heterocycles. The number of aryl methyl sites for hydroxylation is 1. The number of halogens is 1. The molecule has 0 unspecified atom stereocenters. The first kappa shape index (κ1) is 23.4. The summed E-state index contributed by atoms with van der Waals surface area (Å²) in [7, 11) is -3.64. The van der Waals surface area contributed by atoms with Crippen molar-refractivity contribution in [1.29, 1.82) is 0 Å². The monoisotopic (exact) mass is 466 g/mol. The van der Waals surface area contributed by atoms with Crippen molar-refractivity contribution < 1.29 is 22.7 Å². The van der Waals surface area contributed by atoms with E-state index in [0.717, 1.165) is 11.1 Å². The van der Waals surface area contributed by atoms with Crippen LogP contribution in [0.5, 0.6) is 11.5 Å². The lowest BCUT2D eigenvalue weighted by Gasteiger charge is -2.21. The van der Waals surface area contributed by atoms with E-state index in [4.69, 9.17) is 21.1 Å². The van der Waals surface area contributed by atoms with Gasteiger partial charge in [-0.15, -0.1) is 0 Å². The van der Waals surface area contributed by atoms with Gasteiger partial charge in [-0.1, -0.05) is 25.4 Å². The van der Waals surface area contributed by atoms with Gasteiger partial charge in [0.2, 0.25) is 15.9 Å². The minimum Gasteiger partial charge on any atom is -0.486 e. The highest BCUT2D eigenvalue weighted by molar-refractivity contribution is 7.89. The smallest absolute Gasteiger partial charge is 0.243 e. The van der Waals surface area contributed by atoms with Crippen LogP contribution in [-0.2, 0) is 21.2 Å². The van der Waals surface area contributed by atoms with E-state index in [-0.39, 0.29) is 17.2 Å². The highest BCUT2D eigenvalue weighted by Crippen LogP contribution is 2.38. The third kappa shape index (κ3) is 4.97. The van der Waals surface area contributed by atoms with Gasteiger partial charge in [0.05, 0.1) is 16.3 Å². The number of ether oxygens (including phenoxy) is 2. The van der Waals surface area contributed by atoms with Crippen LogP contribution in [0.2, 0.25) is 5.02 Å². The summed E-state index contributed by atoms with van der Waals surface area (Å²) in [5, 5.41) is 3.24. The number of rotatable bonds is 7. The largest absolute Gasteiger partial charge is 0.486 e. The van der Waals surface area contributed by atoms with Gasteiger partial charge < -0.3 is 14.8 Å². The molecule has 3 rings (SSSR count). The number of carbonyl (C=O) groups excluding carboxylic acids is 1. The molecule has 0 spiro atoms. The van der Waals surface area contributed by atoms with E-state index in [9.17, 15) is 13.2 Å². The van der Waals surface area contributed by atoms with Gasteiger partial charge in [-0.2, -0.15) is 4.31 Å². The lowest BCUT2D eigenvalue weighted by atomic mass is 10.1. The molecule has 0 saturated carbocycles. The molecule has 168 valence electrons. The summed E-state index contributed by atoms with van der Waals surface area (Å²) in [5.41, 5.74) is 2.74. The molecule has 0 aromatic heterocycles. The predicted octanol–water partition coefficient (Wildman–Crippen LogP) is 3.94. The van der Waals surface area contributed by atoms with Gasteiger partial charge in [0.15, 0.2) is 11.5 Å². The van der Waals surface area contributed by atoms with Gasteiger partial charge in [-0.3, -0.25) is 4.79 Å². The van der Waals surface area contributed by atoms with Crippen molar-refractivity contribution in [1.82, 2.24) is 4.31 Å². The van der Waals surface area contributed by atoms with E-state index in [1.54, 1.807) is 32.0 Å². The van der Waals surface area contributed by atoms with Gasteiger partial charge in [-0.25, -0.2) is 8.42 Å². The number of anilines is 1. The number of carbonyl (C=O) groups is 1. The lowest BCUT2D eigenvalue weighted by molar-refractivity contribution is -0.115. The number of benzene rings is 2. The average molecular weight is 467 g/mol. The van der Waals surface area contributed by atoms with Crippen LogP contribution in [0.15, 0.2) is 29.2 Å². The van der Waals surface area contributed by atoms with E-state index in [1.807, 2.05) is 13.8 Å². The number of nitrogens with one attached hydrogen (secondary N) is 1. The number of amides is 1. The molecule has 0 aliphatic carbocycles. The van der Waals surface area contributed by atoms with Gasteiger partial charge >= 0.3 is 0 Å². The van der Waals surface area contributed by atoms with Crippen LogP contribution in [-0.4, -0.2) is 44.9 Å². The zero-order chi connectivity index (χ0) is 22.8. The maximum absolute atomic E-state index is 12.9. The molecule has 1 heterocycles. The fourth-order valence-corrected chi connectivity index (χ4v) is 5.32. The molecule has 31 heavy (non-hydrogen) atoms. The quantitative estimate of drug-likeness (QED) is 0.668. The van der Waals surface area contributed by atoms with Crippen LogP contribution in [0.3, 0.4) is 0 Å². The number of sulfonamides is 1. The van der Waals surface area contributed by atoms with E-state index in [0.29, 0.717) is 54.1 Å². The summed E-state index contributed by atoms with van der Waals surface area (Å²) in [4.78, 5) is 12.9. The summed E-state index contributed by atoms with van der Waals surface area (Å²) in [6.07, 6.45) is 0.0574. The Kier molecular flexibility index (Phi) is 7.13. The molecule has 0 fully saturated rings. The molecular formula is C22H27ClN2O5S. The fraction of sp³-hybridized carbons (Fsp3) is 0.409. The normalized spacial score (nSPS) is 13.4.